The Labute approximate surface area is 113 Å². The summed E-state index contributed by atoms with van der Waals surface area (Å²) in [6.07, 6.45) is 3.62. The molecule has 2 fully saturated rings. The van der Waals surface area contributed by atoms with Gasteiger partial charge in [-0.15, -0.1) is 0 Å². The number of benzene rings is 1. The van der Waals surface area contributed by atoms with Crippen molar-refractivity contribution in [2.75, 3.05) is 20.3 Å². The van der Waals surface area contributed by atoms with Gasteiger partial charge in [0.25, 0.3) is 0 Å². The topological polar surface area (TPSA) is 47.9 Å². The van der Waals surface area contributed by atoms with Gasteiger partial charge in [0.2, 0.25) is 0 Å². The van der Waals surface area contributed by atoms with Crippen LogP contribution >= 0.6 is 0 Å². The third-order valence-corrected chi connectivity index (χ3v) is 3.83. The lowest BCUT2D eigenvalue weighted by Gasteiger charge is -2.26. The molecule has 0 bridgehead atoms. The molecule has 1 aromatic carbocycles. The molecule has 1 aliphatic carbocycles. The van der Waals surface area contributed by atoms with Gasteiger partial charge in [-0.05, 0) is 31.7 Å². The molecule has 1 heterocycles. The van der Waals surface area contributed by atoms with Gasteiger partial charge in [-0.1, -0.05) is 12.1 Å². The standard InChI is InChI=1S/C15H20O4/c1-17-13-6-2-5-12(15(16)7-8-15)14(13)19-11-4-3-9-18-10-11/h2,5-6,11,16H,3-4,7-10H2,1H3. The maximum Gasteiger partial charge on any atom is 0.167 e. The summed E-state index contributed by atoms with van der Waals surface area (Å²) in [5.41, 5.74) is 0.122. The van der Waals surface area contributed by atoms with E-state index in [2.05, 4.69) is 0 Å². The van der Waals surface area contributed by atoms with Gasteiger partial charge in [0, 0.05) is 12.2 Å². The Morgan fingerprint density at radius 3 is 2.84 bits per heavy atom. The summed E-state index contributed by atoms with van der Waals surface area (Å²) < 4.78 is 16.9. The molecule has 0 spiro atoms. The van der Waals surface area contributed by atoms with E-state index in [0.717, 1.165) is 37.9 Å². The SMILES string of the molecule is COc1cccc(C2(O)CC2)c1OC1CCCOC1. The van der Waals surface area contributed by atoms with Gasteiger partial charge in [0.15, 0.2) is 11.5 Å². The second-order valence-electron chi connectivity index (χ2n) is 5.33. The van der Waals surface area contributed by atoms with Crippen molar-refractivity contribution in [1.29, 1.82) is 0 Å². The van der Waals surface area contributed by atoms with Crippen LogP contribution in [0.2, 0.25) is 0 Å². The highest BCUT2D eigenvalue weighted by Gasteiger charge is 2.45. The zero-order chi connectivity index (χ0) is 13.3. The molecule has 4 nitrogen and oxygen atoms in total. The largest absolute Gasteiger partial charge is 0.493 e. The molecule has 1 aliphatic heterocycles. The Morgan fingerprint density at radius 2 is 2.21 bits per heavy atom. The highest BCUT2D eigenvalue weighted by atomic mass is 16.5. The van der Waals surface area contributed by atoms with Gasteiger partial charge < -0.3 is 19.3 Å². The Bertz CT molecular complexity index is 447. The van der Waals surface area contributed by atoms with Crippen LogP contribution in [-0.2, 0) is 10.3 Å². The summed E-state index contributed by atoms with van der Waals surface area (Å²) in [6, 6.07) is 5.69. The summed E-state index contributed by atoms with van der Waals surface area (Å²) in [6.45, 7) is 1.42. The van der Waals surface area contributed by atoms with Crippen molar-refractivity contribution >= 4 is 0 Å². The highest BCUT2D eigenvalue weighted by molar-refractivity contribution is 5.51. The quantitative estimate of drug-likeness (QED) is 0.906. The van der Waals surface area contributed by atoms with E-state index in [0.29, 0.717) is 18.1 Å². The lowest BCUT2D eigenvalue weighted by Crippen LogP contribution is -2.29. The molecule has 3 rings (SSSR count). The zero-order valence-corrected chi connectivity index (χ0v) is 11.2. The first-order valence-electron chi connectivity index (χ1n) is 6.87. The van der Waals surface area contributed by atoms with Crippen LogP contribution in [0.15, 0.2) is 18.2 Å². The van der Waals surface area contributed by atoms with Gasteiger partial charge in [0.05, 0.1) is 19.3 Å². The molecule has 104 valence electrons. The predicted octanol–water partition coefficient (Wildman–Crippen LogP) is 2.23. The summed E-state index contributed by atoms with van der Waals surface area (Å²) in [4.78, 5) is 0. The molecule has 2 aliphatic rings. The second-order valence-corrected chi connectivity index (χ2v) is 5.33. The van der Waals surface area contributed by atoms with E-state index in [1.807, 2.05) is 18.2 Å². The van der Waals surface area contributed by atoms with Crippen LogP contribution in [0.5, 0.6) is 11.5 Å². The minimum atomic E-state index is -0.723. The number of ether oxygens (including phenoxy) is 3. The molecule has 4 heteroatoms. The number of hydrogen-bond acceptors (Lipinski definition) is 4. The number of hydrogen-bond donors (Lipinski definition) is 1. The van der Waals surface area contributed by atoms with Crippen molar-refractivity contribution in [1.82, 2.24) is 0 Å². The van der Waals surface area contributed by atoms with E-state index >= 15 is 0 Å². The molecule has 0 aromatic heterocycles. The van der Waals surface area contributed by atoms with Crippen molar-refractivity contribution in [2.24, 2.45) is 0 Å². The lowest BCUT2D eigenvalue weighted by molar-refractivity contribution is 0.00450. The third kappa shape index (κ3) is 2.55. The maximum absolute atomic E-state index is 10.4. The molecular weight excluding hydrogens is 244 g/mol. The zero-order valence-electron chi connectivity index (χ0n) is 11.2. The summed E-state index contributed by atoms with van der Waals surface area (Å²) >= 11 is 0. The molecule has 1 saturated heterocycles. The number of aliphatic hydroxyl groups is 1. The fraction of sp³-hybridized carbons (Fsp3) is 0.600. The Hall–Kier alpha value is -1.26. The third-order valence-electron chi connectivity index (χ3n) is 3.83. The molecular formula is C15H20O4. The van der Waals surface area contributed by atoms with Gasteiger partial charge in [-0.2, -0.15) is 0 Å². The molecule has 1 atom stereocenters. The van der Waals surface area contributed by atoms with Crippen LogP contribution in [0.1, 0.15) is 31.2 Å². The van der Waals surface area contributed by atoms with Gasteiger partial charge in [-0.3, -0.25) is 0 Å². The average Bonchev–Trinajstić information content (AvgIpc) is 3.19. The monoisotopic (exact) mass is 264 g/mol. The van der Waals surface area contributed by atoms with Gasteiger partial charge >= 0.3 is 0 Å². The molecule has 1 N–H and O–H groups in total. The van der Waals surface area contributed by atoms with E-state index in [9.17, 15) is 5.11 Å². The van der Waals surface area contributed by atoms with Crippen LogP contribution in [0.25, 0.3) is 0 Å². The molecule has 1 saturated carbocycles. The fourth-order valence-electron chi connectivity index (χ4n) is 2.52. The summed E-state index contributed by atoms with van der Waals surface area (Å²) in [5.74, 6) is 1.36. The number of para-hydroxylation sites is 1. The van der Waals surface area contributed by atoms with Crippen molar-refractivity contribution < 1.29 is 19.3 Å². The molecule has 0 amide bonds. The van der Waals surface area contributed by atoms with Gasteiger partial charge in [0.1, 0.15) is 6.10 Å². The minimum Gasteiger partial charge on any atom is -0.493 e. The first kappa shape index (κ1) is 12.8. The second kappa shape index (κ2) is 5.02. The van der Waals surface area contributed by atoms with Crippen LogP contribution in [0.4, 0.5) is 0 Å². The van der Waals surface area contributed by atoms with Crippen molar-refractivity contribution in [3.63, 3.8) is 0 Å². The molecule has 1 aromatic rings. The smallest absolute Gasteiger partial charge is 0.167 e. The van der Waals surface area contributed by atoms with Crippen molar-refractivity contribution in [3.05, 3.63) is 23.8 Å². The summed E-state index contributed by atoms with van der Waals surface area (Å²) in [5, 5.41) is 10.4. The molecule has 19 heavy (non-hydrogen) atoms. The molecule has 1 unspecified atom stereocenters. The first-order chi connectivity index (χ1) is 9.23. The normalized spacial score (nSPS) is 24.8. The lowest BCUT2D eigenvalue weighted by atomic mass is 10.1. The minimum absolute atomic E-state index is 0.0474. The van der Waals surface area contributed by atoms with E-state index in [4.69, 9.17) is 14.2 Å². The highest BCUT2D eigenvalue weighted by Crippen LogP contribution is 2.51. The van der Waals surface area contributed by atoms with E-state index in [1.54, 1.807) is 7.11 Å². The fourth-order valence-corrected chi connectivity index (χ4v) is 2.52. The average molecular weight is 264 g/mol. The van der Waals surface area contributed by atoms with Crippen LogP contribution in [-0.4, -0.2) is 31.5 Å². The predicted molar refractivity (Wildman–Crippen MR) is 70.6 cm³/mol. The van der Waals surface area contributed by atoms with E-state index in [1.165, 1.54) is 0 Å². The van der Waals surface area contributed by atoms with E-state index in [-0.39, 0.29) is 6.10 Å². The molecule has 0 radical (unpaired) electrons. The van der Waals surface area contributed by atoms with E-state index < -0.39 is 5.60 Å². The van der Waals surface area contributed by atoms with Gasteiger partial charge in [-0.25, -0.2) is 0 Å². The summed E-state index contributed by atoms with van der Waals surface area (Å²) in [7, 11) is 1.63. The van der Waals surface area contributed by atoms with Crippen LogP contribution in [0.3, 0.4) is 0 Å². The number of methoxy groups -OCH3 is 1. The maximum atomic E-state index is 10.4. The Balaban J connectivity index is 1.88. The first-order valence-corrected chi connectivity index (χ1v) is 6.87. The van der Waals surface area contributed by atoms with Crippen molar-refractivity contribution in [2.45, 2.75) is 37.4 Å². The van der Waals surface area contributed by atoms with Crippen LogP contribution < -0.4 is 9.47 Å². The Morgan fingerprint density at radius 1 is 1.37 bits per heavy atom. The van der Waals surface area contributed by atoms with Crippen LogP contribution in [0, 0.1) is 0 Å². The Kier molecular flexibility index (Phi) is 3.37. The number of rotatable bonds is 4. The van der Waals surface area contributed by atoms with Crippen molar-refractivity contribution in [3.8, 4) is 11.5 Å².